The Labute approximate surface area is 110 Å². The van der Waals surface area contributed by atoms with E-state index in [1.165, 1.54) is 7.11 Å². The molecule has 1 aromatic rings. The summed E-state index contributed by atoms with van der Waals surface area (Å²) in [5.74, 6) is -1.04. The maximum Gasteiger partial charge on any atom is 0.320 e. The fourth-order valence-electron chi connectivity index (χ4n) is 1.64. The summed E-state index contributed by atoms with van der Waals surface area (Å²) in [6.45, 7) is 1.90. The van der Waals surface area contributed by atoms with E-state index in [2.05, 4.69) is 0 Å². The summed E-state index contributed by atoms with van der Waals surface area (Å²) in [6, 6.07) is 0.512. The van der Waals surface area contributed by atoms with Crippen LogP contribution in [-0.4, -0.2) is 29.3 Å². The molecule has 0 spiro atoms. The Morgan fingerprint density at radius 1 is 1.61 bits per heavy atom. The molecule has 0 saturated carbocycles. The highest BCUT2D eigenvalue weighted by Gasteiger charge is 2.21. The lowest BCUT2D eigenvalue weighted by atomic mass is 10.0. The van der Waals surface area contributed by atoms with Crippen LogP contribution in [0.15, 0.2) is 6.07 Å². The molecule has 18 heavy (non-hydrogen) atoms. The van der Waals surface area contributed by atoms with Crippen LogP contribution >= 0.6 is 11.6 Å². The number of phenols is 1. The molecule has 1 aromatic carbocycles. The van der Waals surface area contributed by atoms with Crippen molar-refractivity contribution in [2.75, 3.05) is 7.11 Å². The maximum atomic E-state index is 10.8. The number of carbonyl (C=O) groups is 1. The van der Waals surface area contributed by atoms with Crippen molar-refractivity contribution < 1.29 is 19.7 Å². The molecule has 0 amide bonds. The van der Waals surface area contributed by atoms with Crippen molar-refractivity contribution >= 4 is 17.6 Å². The third-order valence-corrected chi connectivity index (χ3v) is 3.18. The van der Waals surface area contributed by atoms with E-state index < -0.39 is 12.0 Å². The monoisotopic (exact) mass is 273 g/mol. The molecule has 0 aliphatic rings. The Hall–Kier alpha value is -1.46. The number of methoxy groups -OCH3 is 1. The molecule has 0 bridgehead atoms. The van der Waals surface area contributed by atoms with Gasteiger partial charge in [0.2, 0.25) is 0 Å². The van der Waals surface area contributed by atoms with Gasteiger partial charge in [0, 0.05) is 12.0 Å². The standard InChI is InChI=1S/C12H16ClNO4/c1-3-6-4-9(18-2)11(15)7(10(6)13)5-8(14)12(16)17/h4,8,15H,3,5,14H2,1-2H3,(H,16,17). The third-order valence-electron chi connectivity index (χ3n) is 2.71. The molecule has 0 radical (unpaired) electrons. The molecule has 1 unspecified atom stereocenters. The smallest absolute Gasteiger partial charge is 0.320 e. The highest BCUT2D eigenvalue weighted by atomic mass is 35.5. The van der Waals surface area contributed by atoms with E-state index in [4.69, 9.17) is 27.2 Å². The van der Waals surface area contributed by atoms with E-state index in [0.29, 0.717) is 17.0 Å². The Balaban J connectivity index is 3.27. The topological polar surface area (TPSA) is 92.8 Å². The second kappa shape index (κ2) is 5.93. The predicted molar refractivity (Wildman–Crippen MR) is 68.4 cm³/mol. The summed E-state index contributed by atoms with van der Waals surface area (Å²) in [7, 11) is 1.42. The first-order valence-electron chi connectivity index (χ1n) is 5.47. The SMILES string of the molecule is CCc1cc(OC)c(O)c(CC(N)C(=O)O)c1Cl. The predicted octanol–water partition coefficient (Wildman–Crippen LogP) is 1.57. The van der Waals surface area contributed by atoms with Gasteiger partial charge in [0.15, 0.2) is 11.5 Å². The quantitative estimate of drug-likeness (QED) is 0.757. The normalized spacial score (nSPS) is 12.2. The molecule has 5 nitrogen and oxygen atoms in total. The molecule has 1 atom stereocenters. The second-order valence-electron chi connectivity index (χ2n) is 3.88. The average molecular weight is 274 g/mol. The summed E-state index contributed by atoms with van der Waals surface area (Å²) >= 11 is 6.13. The lowest BCUT2D eigenvalue weighted by Gasteiger charge is -2.16. The van der Waals surface area contributed by atoms with Gasteiger partial charge in [-0.2, -0.15) is 0 Å². The van der Waals surface area contributed by atoms with Crippen molar-refractivity contribution in [2.45, 2.75) is 25.8 Å². The molecular formula is C12H16ClNO4. The van der Waals surface area contributed by atoms with Crippen LogP contribution in [0.3, 0.4) is 0 Å². The van der Waals surface area contributed by atoms with Gasteiger partial charge in [-0.25, -0.2) is 0 Å². The fourth-order valence-corrected chi connectivity index (χ4v) is 2.00. The van der Waals surface area contributed by atoms with Crippen molar-refractivity contribution in [3.8, 4) is 11.5 Å². The van der Waals surface area contributed by atoms with Crippen LogP contribution in [0.4, 0.5) is 0 Å². The first kappa shape index (κ1) is 14.6. The van der Waals surface area contributed by atoms with Crippen LogP contribution in [-0.2, 0) is 17.6 Å². The van der Waals surface area contributed by atoms with E-state index in [-0.39, 0.29) is 17.9 Å². The Kier molecular flexibility index (Phi) is 4.81. The molecule has 0 fully saturated rings. The zero-order chi connectivity index (χ0) is 13.9. The molecular weight excluding hydrogens is 258 g/mol. The molecule has 0 heterocycles. The number of halogens is 1. The van der Waals surface area contributed by atoms with Gasteiger partial charge in [-0.05, 0) is 18.1 Å². The van der Waals surface area contributed by atoms with Crippen LogP contribution < -0.4 is 10.5 Å². The van der Waals surface area contributed by atoms with E-state index in [1.807, 2.05) is 6.92 Å². The largest absolute Gasteiger partial charge is 0.504 e. The molecule has 0 aliphatic carbocycles. The number of aromatic hydroxyl groups is 1. The van der Waals surface area contributed by atoms with Crippen LogP contribution in [0, 0.1) is 0 Å². The van der Waals surface area contributed by atoms with Gasteiger partial charge >= 0.3 is 5.97 Å². The van der Waals surface area contributed by atoms with Gasteiger partial charge < -0.3 is 20.7 Å². The van der Waals surface area contributed by atoms with E-state index in [0.717, 1.165) is 5.56 Å². The summed E-state index contributed by atoms with van der Waals surface area (Å²) in [5.41, 5.74) is 6.54. The number of aliphatic carboxylic acids is 1. The first-order valence-corrected chi connectivity index (χ1v) is 5.85. The number of carboxylic acid groups (broad SMARTS) is 1. The number of hydrogen-bond acceptors (Lipinski definition) is 4. The maximum absolute atomic E-state index is 10.8. The minimum atomic E-state index is -1.15. The molecule has 4 N–H and O–H groups in total. The van der Waals surface area contributed by atoms with Crippen LogP contribution in [0.2, 0.25) is 5.02 Å². The van der Waals surface area contributed by atoms with Crippen LogP contribution in [0.5, 0.6) is 11.5 Å². The lowest BCUT2D eigenvalue weighted by Crippen LogP contribution is -2.32. The van der Waals surface area contributed by atoms with Gasteiger partial charge in [-0.3, -0.25) is 4.79 Å². The minimum absolute atomic E-state index is 0.0514. The minimum Gasteiger partial charge on any atom is -0.504 e. The molecule has 0 aliphatic heterocycles. The molecule has 6 heteroatoms. The van der Waals surface area contributed by atoms with E-state index >= 15 is 0 Å². The average Bonchev–Trinajstić information content (AvgIpc) is 2.34. The number of carboxylic acids is 1. The summed E-state index contributed by atoms with van der Waals surface area (Å²) < 4.78 is 5.03. The summed E-state index contributed by atoms with van der Waals surface area (Å²) in [6.07, 6.45) is 0.592. The van der Waals surface area contributed by atoms with Crippen molar-refractivity contribution in [2.24, 2.45) is 5.73 Å². The summed E-state index contributed by atoms with van der Waals surface area (Å²) in [4.78, 5) is 10.8. The number of nitrogens with two attached hydrogens (primary N) is 1. The van der Waals surface area contributed by atoms with Gasteiger partial charge in [0.25, 0.3) is 0 Å². The Bertz CT molecular complexity index is 434. The van der Waals surface area contributed by atoms with Gasteiger partial charge in [-0.1, -0.05) is 18.5 Å². The first-order chi connectivity index (χ1) is 8.42. The Morgan fingerprint density at radius 2 is 2.22 bits per heavy atom. The zero-order valence-corrected chi connectivity index (χ0v) is 11.0. The zero-order valence-electron chi connectivity index (χ0n) is 10.2. The number of rotatable bonds is 5. The van der Waals surface area contributed by atoms with Crippen molar-refractivity contribution in [3.05, 3.63) is 22.2 Å². The van der Waals surface area contributed by atoms with Crippen LogP contribution in [0.1, 0.15) is 18.1 Å². The van der Waals surface area contributed by atoms with Gasteiger partial charge in [0.1, 0.15) is 6.04 Å². The van der Waals surface area contributed by atoms with Crippen molar-refractivity contribution in [3.63, 3.8) is 0 Å². The lowest BCUT2D eigenvalue weighted by molar-refractivity contribution is -0.138. The summed E-state index contributed by atoms with van der Waals surface area (Å²) in [5, 5.41) is 19.1. The van der Waals surface area contributed by atoms with Crippen molar-refractivity contribution in [1.82, 2.24) is 0 Å². The van der Waals surface area contributed by atoms with Gasteiger partial charge in [0.05, 0.1) is 12.1 Å². The number of benzene rings is 1. The highest BCUT2D eigenvalue weighted by Crippen LogP contribution is 2.38. The Morgan fingerprint density at radius 3 is 2.67 bits per heavy atom. The molecule has 1 rings (SSSR count). The molecule has 0 aromatic heterocycles. The van der Waals surface area contributed by atoms with Gasteiger partial charge in [-0.15, -0.1) is 0 Å². The molecule has 0 saturated heterocycles. The molecule has 100 valence electrons. The fraction of sp³-hybridized carbons (Fsp3) is 0.417. The number of phenolic OH excluding ortho intramolecular Hbond substituents is 1. The number of ether oxygens (including phenoxy) is 1. The van der Waals surface area contributed by atoms with Crippen molar-refractivity contribution in [1.29, 1.82) is 0 Å². The highest BCUT2D eigenvalue weighted by molar-refractivity contribution is 6.32. The second-order valence-corrected chi connectivity index (χ2v) is 4.26. The number of hydrogen-bond donors (Lipinski definition) is 3. The number of aryl methyl sites for hydroxylation is 1. The van der Waals surface area contributed by atoms with E-state index in [1.54, 1.807) is 6.07 Å². The van der Waals surface area contributed by atoms with E-state index in [9.17, 15) is 9.90 Å². The third kappa shape index (κ3) is 2.86. The van der Waals surface area contributed by atoms with Crippen LogP contribution in [0.25, 0.3) is 0 Å².